The van der Waals surface area contributed by atoms with Crippen molar-refractivity contribution >= 4 is 5.78 Å². The lowest BCUT2D eigenvalue weighted by atomic mass is 10.1. The average Bonchev–Trinajstić information content (AvgIpc) is 2.15. The fourth-order valence-corrected chi connectivity index (χ4v) is 0.956. The molecule has 0 saturated heterocycles. The molecule has 0 aromatic carbocycles. The summed E-state index contributed by atoms with van der Waals surface area (Å²) in [6.07, 6.45) is -7.05. The lowest BCUT2D eigenvalue weighted by molar-refractivity contribution is -0.138. The Balaban J connectivity index is 3.25. The van der Waals surface area contributed by atoms with Crippen molar-refractivity contribution in [3.63, 3.8) is 0 Å². The van der Waals surface area contributed by atoms with E-state index in [4.69, 9.17) is 0 Å². The number of Topliss-reactive ketones (excluding diaryl/α,β-unsaturated/α-hetero) is 1. The number of aromatic nitrogens is 1. The van der Waals surface area contributed by atoms with Crippen molar-refractivity contribution in [1.29, 1.82) is 0 Å². The third-order valence-electron chi connectivity index (χ3n) is 1.59. The Bertz CT molecular complexity index is 374. The molecule has 0 atom stereocenters. The van der Waals surface area contributed by atoms with Crippen LogP contribution in [0.3, 0.4) is 0 Å². The van der Waals surface area contributed by atoms with E-state index in [0.29, 0.717) is 12.3 Å². The minimum atomic E-state index is -4.84. The van der Waals surface area contributed by atoms with Gasteiger partial charge in [-0.25, -0.2) is 8.78 Å². The zero-order chi connectivity index (χ0) is 11.6. The second-order valence-electron chi connectivity index (χ2n) is 2.58. The summed E-state index contributed by atoms with van der Waals surface area (Å²) in [4.78, 5) is 13.9. The van der Waals surface area contributed by atoms with Gasteiger partial charge >= 0.3 is 12.6 Å². The summed E-state index contributed by atoms with van der Waals surface area (Å²) in [7, 11) is 0. The number of carbonyl (C=O) groups excluding carboxylic acids is 1. The van der Waals surface area contributed by atoms with E-state index in [1.54, 1.807) is 0 Å². The SMILES string of the molecule is O=C(c1cnccc1C(F)(F)F)C(F)F. The molecule has 0 spiro atoms. The molecule has 0 aliphatic heterocycles. The third-order valence-corrected chi connectivity index (χ3v) is 1.59. The van der Waals surface area contributed by atoms with Crippen LogP contribution in [-0.4, -0.2) is 17.2 Å². The highest BCUT2D eigenvalue weighted by atomic mass is 19.4. The van der Waals surface area contributed by atoms with Gasteiger partial charge in [0.25, 0.3) is 0 Å². The summed E-state index contributed by atoms with van der Waals surface area (Å²) < 4.78 is 60.6. The summed E-state index contributed by atoms with van der Waals surface area (Å²) in [5.74, 6) is -1.88. The molecule has 2 nitrogen and oxygen atoms in total. The second kappa shape index (κ2) is 3.92. The molecule has 82 valence electrons. The number of nitrogens with zero attached hydrogens (tertiary/aromatic N) is 1. The molecule has 0 unspecified atom stereocenters. The number of rotatable bonds is 2. The predicted octanol–water partition coefficient (Wildman–Crippen LogP) is 2.55. The molecule has 0 bridgehead atoms. The first-order chi connectivity index (χ1) is 6.84. The zero-order valence-electron chi connectivity index (χ0n) is 7.05. The van der Waals surface area contributed by atoms with Gasteiger partial charge in [-0.3, -0.25) is 9.78 Å². The van der Waals surface area contributed by atoms with Crippen LogP contribution in [-0.2, 0) is 6.18 Å². The van der Waals surface area contributed by atoms with Crippen molar-refractivity contribution in [2.24, 2.45) is 0 Å². The maximum atomic E-state index is 12.2. The molecule has 7 heteroatoms. The number of hydrogen-bond donors (Lipinski definition) is 0. The molecule has 1 rings (SSSR count). The lowest BCUT2D eigenvalue weighted by Crippen LogP contribution is -2.18. The van der Waals surface area contributed by atoms with Gasteiger partial charge in [-0.15, -0.1) is 0 Å². The Morgan fingerprint density at radius 2 is 1.93 bits per heavy atom. The van der Waals surface area contributed by atoms with Crippen LogP contribution < -0.4 is 0 Å². The van der Waals surface area contributed by atoms with E-state index in [1.165, 1.54) is 0 Å². The Hall–Kier alpha value is -1.53. The number of alkyl halides is 5. The third kappa shape index (κ3) is 2.48. The van der Waals surface area contributed by atoms with E-state index in [9.17, 15) is 26.7 Å². The Morgan fingerprint density at radius 3 is 2.40 bits per heavy atom. The number of carbonyl (C=O) groups is 1. The van der Waals surface area contributed by atoms with Crippen LogP contribution in [0.15, 0.2) is 18.5 Å². The van der Waals surface area contributed by atoms with Gasteiger partial charge in [-0.2, -0.15) is 13.2 Å². The first-order valence-corrected chi connectivity index (χ1v) is 3.67. The van der Waals surface area contributed by atoms with Crippen LogP contribution in [0.25, 0.3) is 0 Å². The van der Waals surface area contributed by atoms with Gasteiger partial charge in [0.05, 0.1) is 11.1 Å². The Kier molecular flexibility index (Phi) is 3.01. The van der Waals surface area contributed by atoms with Gasteiger partial charge < -0.3 is 0 Å². The Labute approximate surface area is 80.7 Å². The topological polar surface area (TPSA) is 30.0 Å². The van der Waals surface area contributed by atoms with E-state index in [-0.39, 0.29) is 0 Å². The number of ketones is 1. The molecule has 0 aliphatic carbocycles. The van der Waals surface area contributed by atoms with Crippen LogP contribution in [0.4, 0.5) is 22.0 Å². The number of pyridine rings is 1. The van der Waals surface area contributed by atoms with Gasteiger partial charge in [-0.1, -0.05) is 0 Å². The van der Waals surface area contributed by atoms with Crippen molar-refractivity contribution in [2.75, 3.05) is 0 Å². The van der Waals surface area contributed by atoms with Crippen LogP contribution in [0.5, 0.6) is 0 Å². The van der Waals surface area contributed by atoms with Gasteiger partial charge in [0.2, 0.25) is 5.78 Å². The monoisotopic (exact) mass is 225 g/mol. The van der Waals surface area contributed by atoms with Crippen molar-refractivity contribution in [2.45, 2.75) is 12.6 Å². The molecule has 0 radical (unpaired) electrons. The summed E-state index contributed by atoms with van der Waals surface area (Å²) in [5, 5.41) is 0. The summed E-state index contributed by atoms with van der Waals surface area (Å²) in [6, 6.07) is 0.482. The molecule has 1 aromatic rings. The van der Waals surface area contributed by atoms with Gasteiger partial charge in [-0.05, 0) is 6.07 Å². The van der Waals surface area contributed by atoms with Crippen LogP contribution >= 0.6 is 0 Å². The predicted molar refractivity (Wildman–Crippen MR) is 39.6 cm³/mol. The van der Waals surface area contributed by atoms with E-state index < -0.39 is 29.5 Å². The van der Waals surface area contributed by atoms with E-state index >= 15 is 0 Å². The fraction of sp³-hybridized carbons (Fsp3) is 0.250. The van der Waals surface area contributed by atoms with Crippen molar-refractivity contribution in [3.8, 4) is 0 Å². The first kappa shape index (κ1) is 11.5. The highest BCUT2D eigenvalue weighted by molar-refractivity contribution is 5.99. The highest BCUT2D eigenvalue weighted by Crippen LogP contribution is 2.32. The highest BCUT2D eigenvalue weighted by Gasteiger charge is 2.36. The minimum Gasteiger partial charge on any atom is -0.288 e. The second-order valence-corrected chi connectivity index (χ2v) is 2.58. The van der Waals surface area contributed by atoms with E-state index in [0.717, 1.165) is 6.20 Å². The molecule has 15 heavy (non-hydrogen) atoms. The summed E-state index contributed by atoms with van der Waals surface area (Å²) in [6.45, 7) is 0. The van der Waals surface area contributed by atoms with E-state index in [2.05, 4.69) is 4.98 Å². The lowest BCUT2D eigenvalue weighted by Gasteiger charge is -2.10. The molecule has 0 amide bonds. The standard InChI is InChI=1S/C8H4F5NO/c9-7(10)6(15)4-3-14-2-1-5(4)8(11,12)13/h1-3,7H. The molecular weight excluding hydrogens is 221 g/mol. The fourth-order valence-electron chi connectivity index (χ4n) is 0.956. The maximum Gasteiger partial charge on any atom is 0.417 e. The van der Waals surface area contributed by atoms with Gasteiger partial charge in [0, 0.05) is 12.4 Å². The molecule has 1 aromatic heterocycles. The quantitative estimate of drug-likeness (QED) is 0.571. The summed E-state index contributed by atoms with van der Waals surface area (Å²) >= 11 is 0. The van der Waals surface area contributed by atoms with Crippen molar-refractivity contribution < 1.29 is 26.7 Å². The van der Waals surface area contributed by atoms with Crippen LogP contribution in [0.2, 0.25) is 0 Å². The minimum absolute atomic E-state index is 0.482. The number of halogens is 5. The summed E-state index contributed by atoms with van der Waals surface area (Å²) in [5.41, 5.74) is -2.51. The van der Waals surface area contributed by atoms with Gasteiger partial charge in [0.15, 0.2) is 0 Å². The molecule has 0 N–H and O–H groups in total. The molecule has 1 heterocycles. The maximum absolute atomic E-state index is 12.2. The normalized spacial score (nSPS) is 11.9. The number of hydrogen-bond acceptors (Lipinski definition) is 2. The van der Waals surface area contributed by atoms with Crippen LogP contribution in [0.1, 0.15) is 15.9 Å². The van der Waals surface area contributed by atoms with Crippen LogP contribution in [0, 0.1) is 0 Å². The van der Waals surface area contributed by atoms with Crippen molar-refractivity contribution in [3.05, 3.63) is 29.6 Å². The molecular formula is C8H4F5NO. The molecule has 0 fully saturated rings. The van der Waals surface area contributed by atoms with E-state index in [1.807, 2.05) is 0 Å². The smallest absolute Gasteiger partial charge is 0.288 e. The Morgan fingerprint density at radius 1 is 1.33 bits per heavy atom. The zero-order valence-corrected chi connectivity index (χ0v) is 7.05. The molecule has 0 aliphatic rings. The van der Waals surface area contributed by atoms with Gasteiger partial charge in [0.1, 0.15) is 0 Å². The first-order valence-electron chi connectivity index (χ1n) is 3.67. The van der Waals surface area contributed by atoms with Crippen molar-refractivity contribution in [1.82, 2.24) is 4.98 Å². The average molecular weight is 225 g/mol. The molecule has 0 saturated carbocycles. The largest absolute Gasteiger partial charge is 0.417 e.